The molecule has 1 aromatic carbocycles. The Kier molecular flexibility index (Phi) is 3.97. The van der Waals surface area contributed by atoms with E-state index in [-0.39, 0.29) is 11.1 Å². The molecule has 0 aliphatic heterocycles. The molecule has 0 fully saturated rings. The van der Waals surface area contributed by atoms with Crippen molar-refractivity contribution < 1.29 is 5.11 Å². The number of benzene rings is 1. The van der Waals surface area contributed by atoms with Crippen molar-refractivity contribution in [2.45, 2.75) is 51.1 Å². The molecule has 2 atom stereocenters. The van der Waals surface area contributed by atoms with E-state index in [0.29, 0.717) is 0 Å². The average Bonchev–Trinajstić information content (AvgIpc) is 2.16. The van der Waals surface area contributed by atoms with E-state index in [1.807, 2.05) is 6.92 Å². The minimum absolute atomic E-state index is 0.141. The Morgan fingerprint density at radius 1 is 1.19 bits per heavy atom. The van der Waals surface area contributed by atoms with Crippen molar-refractivity contribution in [2.75, 3.05) is 0 Å². The van der Waals surface area contributed by atoms with E-state index in [1.54, 1.807) is 0 Å². The zero-order valence-corrected chi connectivity index (χ0v) is 12.1. The lowest BCUT2D eigenvalue weighted by molar-refractivity contribution is 0.167. The van der Waals surface area contributed by atoms with Crippen LogP contribution in [-0.4, -0.2) is 19.3 Å². The van der Waals surface area contributed by atoms with Gasteiger partial charge in [0.2, 0.25) is 0 Å². The van der Waals surface area contributed by atoms with Gasteiger partial charge < -0.3 is 5.11 Å². The van der Waals surface area contributed by atoms with Crippen molar-refractivity contribution >= 4 is 8.07 Å². The van der Waals surface area contributed by atoms with Crippen molar-refractivity contribution in [1.29, 1.82) is 0 Å². The smallest absolute Gasteiger partial charge is 0.0554 e. The minimum atomic E-state index is -1.37. The summed E-state index contributed by atoms with van der Waals surface area (Å²) < 4.78 is 0. The van der Waals surface area contributed by atoms with Crippen LogP contribution in [0.25, 0.3) is 0 Å². The Morgan fingerprint density at radius 2 is 1.69 bits per heavy atom. The molecule has 0 saturated carbocycles. The van der Waals surface area contributed by atoms with E-state index in [9.17, 15) is 5.11 Å². The van der Waals surface area contributed by atoms with E-state index in [4.69, 9.17) is 0 Å². The van der Waals surface area contributed by atoms with Crippen LogP contribution in [0.2, 0.25) is 19.6 Å². The predicted octanol–water partition coefficient (Wildman–Crippen LogP) is 3.59. The second kappa shape index (κ2) is 4.72. The summed E-state index contributed by atoms with van der Waals surface area (Å²) in [6, 6.07) is 10.6. The Morgan fingerprint density at radius 3 is 2.06 bits per heavy atom. The zero-order chi connectivity index (χ0) is 12.4. The normalized spacial score (nSPS) is 17.9. The van der Waals surface area contributed by atoms with Gasteiger partial charge in [0, 0.05) is 0 Å². The third kappa shape index (κ3) is 2.74. The van der Waals surface area contributed by atoms with E-state index in [0.717, 1.165) is 6.42 Å². The topological polar surface area (TPSA) is 20.2 Å². The number of hydrogen-bond acceptors (Lipinski definition) is 1. The van der Waals surface area contributed by atoms with Crippen LogP contribution in [0.4, 0.5) is 0 Å². The molecule has 1 N–H and O–H groups in total. The molecule has 1 nitrogen and oxygen atoms in total. The molecule has 0 bridgehead atoms. The lowest BCUT2D eigenvalue weighted by Crippen LogP contribution is -2.48. The molecule has 0 radical (unpaired) electrons. The first-order valence-electron chi connectivity index (χ1n) is 6.01. The van der Waals surface area contributed by atoms with Crippen LogP contribution in [0.1, 0.15) is 25.8 Å². The molecule has 90 valence electrons. The van der Waals surface area contributed by atoms with Crippen molar-refractivity contribution in [3.8, 4) is 0 Å². The summed E-state index contributed by atoms with van der Waals surface area (Å²) in [5.41, 5.74) is 1.37. The average molecular weight is 236 g/mol. The standard InChI is InChI=1S/C14H24OSi/c1-12(15)11-14(2,16(3,4)5)13-9-7-6-8-10-13/h6-10,12,15H,11H2,1-5H3/t12-,14?/m0/s1. The first kappa shape index (κ1) is 13.5. The summed E-state index contributed by atoms with van der Waals surface area (Å²) in [4.78, 5) is 0. The highest BCUT2D eigenvalue weighted by Gasteiger charge is 2.40. The molecule has 0 saturated heterocycles. The Bertz CT molecular complexity index is 326. The lowest BCUT2D eigenvalue weighted by atomic mass is 9.94. The first-order chi connectivity index (χ1) is 7.27. The first-order valence-corrected chi connectivity index (χ1v) is 9.51. The van der Waals surface area contributed by atoms with Gasteiger partial charge in [-0.2, -0.15) is 0 Å². The molecule has 0 aromatic heterocycles. The van der Waals surface area contributed by atoms with Gasteiger partial charge in [-0.05, 0) is 23.9 Å². The van der Waals surface area contributed by atoms with Crippen molar-refractivity contribution in [2.24, 2.45) is 0 Å². The second-order valence-electron chi connectivity index (χ2n) is 6.00. The van der Waals surface area contributed by atoms with Crippen molar-refractivity contribution in [1.82, 2.24) is 0 Å². The SMILES string of the molecule is C[C@H](O)CC(C)(c1ccccc1)[Si](C)(C)C. The van der Waals surface area contributed by atoms with Gasteiger partial charge in [-0.25, -0.2) is 0 Å². The minimum Gasteiger partial charge on any atom is -0.393 e. The highest BCUT2D eigenvalue weighted by atomic mass is 28.3. The van der Waals surface area contributed by atoms with Gasteiger partial charge in [0.05, 0.1) is 14.2 Å². The third-order valence-electron chi connectivity index (χ3n) is 3.77. The number of rotatable bonds is 4. The van der Waals surface area contributed by atoms with Crippen LogP contribution >= 0.6 is 0 Å². The van der Waals surface area contributed by atoms with Gasteiger partial charge in [0.25, 0.3) is 0 Å². The van der Waals surface area contributed by atoms with E-state index in [2.05, 4.69) is 56.9 Å². The molecule has 0 spiro atoms. The summed E-state index contributed by atoms with van der Waals surface area (Å²) in [6.07, 6.45) is 0.615. The van der Waals surface area contributed by atoms with Gasteiger partial charge >= 0.3 is 0 Å². The Balaban J connectivity index is 3.16. The van der Waals surface area contributed by atoms with Crippen LogP contribution in [0.15, 0.2) is 30.3 Å². The molecule has 0 heterocycles. The molecule has 0 aliphatic carbocycles. The fourth-order valence-corrected chi connectivity index (χ4v) is 4.19. The number of aliphatic hydroxyl groups is 1. The van der Waals surface area contributed by atoms with Gasteiger partial charge in [-0.1, -0.05) is 56.9 Å². The lowest BCUT2D eigenvalue weighted by Gasteiger charge is -2.42. The molecule has 16 heavy (non-hydrogen) atoms. The van der Waals surface area contributed by atoms with Crippen LogP contribution in [0.3, 0.4) is 0 Å². The summed E-state index contributed by atoms with van der Waals surface area (Å²) in [5.74, 6) is 0. The van der Waals surface area contributed by atoms with Crippen molar-refractivity contribution in [3.63, 3.8) is 0 Å². The van der Waals surface area contributed by atoms with Crippen molar-refractivity contribution in [3.05, 3.63) is 35.9 Å². The molecule has 1 rings (SSSR count). The summed E-state index contributed by atoms with van der Waals surface area (Å²) in [7, 11) is -1.37. The number of hydrogen-bond donors (Lipinski definition) is 1. The summed E-state index contributed by atoms with van der Waals surface area (Å²) in [6.45, 7) is 11.3. The third-order valence-corrected chi connectivity index (χ3v) is 7.57. The fourth-order valence-electron chi connectivity index (χ4n) is 2.25. The highest BCUT2D eigenvalue weighted by molar-refractivity contribution is 6.79. The second-order valence-corrected chi connectivity index (χ2v) is 11.6. The maximum absolute atomic E-state index is 9.73. The van der Waals surface area contributed by atoms with Gasteiger partial charge in [0.1, 0.15) is 0 Å². The summed E-state index contributed by atoms with van der Waals surface area (Å²) in [5, 5.41) is 9.88. The van der Waals surface area contributed by atoms with Gasteiger partial charge in [0.15, 0.2) is 0 Å². The molecule has 1 unspecified atom stereocenters. The summed E-state index contributed by atoms with van der Waals surface area (Å²) >= 11 is 0. The zero-order valence-electron chi connectivity index (χ0n) is 11.1. The van der Waals surface area contributed by atoms with Crippen LogP contribution in [0.5, 0.6) is 0 Å². The van der Waals surface area contributed by atoms with Crippen LogP contribution in [-0.2, 0) is 5.04 Å². The van der Waals surface area contributed by atoms with Crippen LogP contribution in [0, 0.1) is 0 Å². The Hall–Kier alpha value is -0.603. The quantitative estimate of drug-likeness (QED) is 0.792. The van der Waals surface area contributed by atoms with Gasteiger partial charge in [-0.3, -0.25) is 0 Å². The maximum atomic E-state index is 9.73. The Labute approximate surface area is 101 Å². The van der Waals surface area contributed by atoms with Gasteiger partial charge in [-0.15, -0.1) is 0 Å². The maximum Gasteiger partial charge on any atom is 0.0554 e. The number of aliphatic hydroxyl groups excluding tert-OH is 1. The molecule has 2 heteroatoms. The van der Waals surface area contributed by atoms with E-state index in [1.165, 1.54) is 5.56 Å². The highest BCUT2D eigenvalue weighted by Crippen LogP contribution is 2.38. The molecular weight excluding hydrogens is 212 g/mol. The van der Waals surface area contributed by atoms with Crippen LogP contribution < -0.4 is 0 Å². The monoisotopic (exact) mass is 236 g/mol. The molecular formula is C14H24OSi. The molecule has 0 amide bonds. The van der Waals surface area contributed by atoms with E-state index < -0.39 is 8.07 Å². The predicted molar refractivity (Wildman–Crippen MR) is 73.4 cm³/mol. The molecule has 0 aliphatic rings. The largest absolute Gasteiger partial charge is 0.393 e. The van der Waals surface area contributed by atoms with E-state index >= 15 is 0 Å². The fraction of sp³-hybridized carbons (Fsp3) is 0.571. The molecule has 1 aromatic rings.